The first-order chi connectivity index (χ1) is 10.2. The van der Waals surface area contributed by atoms with Crippen LogP contribution < -0.4 is 0 Å². The molecule has 1 aromatic carbocycles. The van der Waals surface area contributed by atoms with Crippen molar-refractivity contribution in [1.82, 2.24) is 15.0 Å². The zero-order valence-corrected chi connectivity index (χ0v) is 15.0. The van der Waals surface area contributed by atoms with Gasteiger partial charge in [-0.25, -0.2) is 0 Å². The van der Waals surface area contributed by atoms with E-state index in [0.29, 0.717) is 28.3 Å². The molecular formula is C16H21Cl2N3O. The second-order valence-electron chi connectivity index (χ2n) is 6.58. The lowest BCUT2D eigenvalue weighted by atomic mass is 9.96. The summed E-state index contributed by atoms with van der Waals surface area (Å²) in [7, 11) is 2.00. The standard InChI is InChI=1S/C16H21Cl2N3O/c1-10(14-19-15(20-22-14)16(2,3)4)21(5)9-11-6-12(17)8-13(18)7-11/h6-8,10H,9H2,1-5H3. The van der Waals surface area contributed by atoms with E-state index in [1.807, 2.05) is 26.1 Å². The second kappa shape index (κ2) is 6.57. The minimum atomic E-state index is -0.124. The van der Waals surface area contributed by atoms with Crippen molar-refractivity contribution in [3.63, 3.8) is 0 Å². The fraction of sp³-hybridized carbons (Fsp3) is 0.500. The van der Waals surface area contributed by atoms with Gasteiger partial charge in [-0.15, -0.1) is 0 Å². The Morgan fingerprint density at radius 1 is 1.18 bits per heavy atom. The van der Waals surface area contributed by atoms with Crippen LogP contribution in [0.2, 0.25) is 10.0 Å². The molecular weight excluding hydrogens is 321 g/mol. The average molecular weight is 342 g/mol. The van der Waals surface area contributed by atoms with Gasteiger partial charge < -0.3 is 4.52 Å². The van der Waals surface area contributed by atoms with Gasteiger partial charge in [0.05, 0.1) is 6.04 Å². The van der Waals surface area contributed by atoms with Crippen LogP contribution in [-0.4, -0.2) is 22.1 Å². The highest BCUT2D eigenvalue weighted by molar-refractivity contribution is 6.34. The molecule has 2 rings (SSSR count). The number of hydrogen-bond donors (Lipinski definition) is 0. The predicted molar refractivity (Wildman–Crippen MR) is 89.3 cm³/mol. The molecule has 0 aliphatic rings. The van der Waals surface area contributed by atoms with Gasteiger partial charge in [0.1, 0.15) is 0 Å². The van der Waals surface area contributed by atoms with E-state index < -0.39 is 0 Å². The van der Waals surface area contributed by atoms with E-state index >= 15 is 0 Å². The van der Waals surface area contributed by atoms with Crippen LogP contribution in [0.5, 0.6) is 0 Å². The Balaban J connectivity index is 2.11. The van der Waals surface area contributed by atoms with Crippen LogP contribution in [0.4, 0.5) is 0 Å². The number of nitrogens with zero attached hydrogens (tertiary/aromatic N) is 3. The number of hydrogen-bond acceptors (Lipinski definition) is 4. The molecule has 1 atom stereocenters. The van der Waals surface area contributed by atoms with Gasteiger partial charge in [-0.1, -0.05) is 49.1 Å². The van der Waals surface area contributed by atoms with Crippen molar-refractivity contribution in [1.29, 1.82) is 0 Å². The van der Waals surface area contributed by atoms with Crippen LogP contribution in [0.3, 0.4) is 0 Å². The minimum Gasteiger partial charge on any atom is -0.338 e. The van der Waals surface area contributed by atoms with Gasteiger partial charge in [0.25, 0.3) is 0 Å². The summed E-state index contributed by atoms with van der Waals surface area (Å²) in [4.78, 5) is 6.62. The minimum absolute atomic E-state index is 0.00126. The molecule has 2 aromatic rings. The lowest BCUT2D eigenvalue weighted by molar-refractivity contribution is 0.202. The van der Waals surface area contributed by atoms with Crippen molar-refractivity contribution in [2.75, 3.05) is 7.05 Å². The highest BCUT2D eigenvalue weighted by atomic mass is 35.5. The van der Waals surface area contributed by atoms with Crippen molar-refractivity contribution in [2.45, 2.75) is 45.7 Å². The SMILES string of the molecule is CC(c1nc(C(C)(C)C)no1)N(C)Cc1cc(Cl)cc(Cl)c1. The molecule has 1 unspecified atom stereocenters. The normalized spacial score (nSPS) is 13.6. The first kappa shape index (κ1) is 17.3. The number of aromatic nitrogens is 2. The number of benzene rings is 1. The summed E-state index contributed by atoms with van der Waals surface area (Å²) >= 11 is 12.1. The monoisotopic (exact) mass is 341 g/mol. The quantitative estimate of drug-likeness (QED) is 0.795. The Morgan fingerprint density at radius 3 is 2.27 bits per heavy atom. The molecule has 0 saturated carbocycles. The fourth-order valence-electron chi connectivity index (χ4n) is 2.03. The van der Waals surface area contributed by atoms with E-state index in [4.69, 9.17) is 27.7 Å². The summed E-state index contributed by atoms with van der Waals surface area (Å²) in [5, 5.41) is 5.34. The van der Waals surface area contributed by atoms with Crippen molar-refractivity contribution in [3.8, 4) is 0 Å². The maximum Gasteiger partial charge on any atom is 0.243 e. The van der Waals surface area contributed by atoms with Gasteiger partial charge in [-0.05, 0) is 37.7 Å². The van der Waals surface area contributed by atoms with E-state index in [2.05, 4.69) is 35.8 Å². The van der Waals surface area contributed by atoms with Crippen LogP contribution in [0.25, 0.3) is 0 Å². The Morgan fingerprint density at radius 2 is 1.77 bits per heavy atom. The Bertz CT molecular complexity index is 629. The highest BCUT2D eigenvalue weighted by Gasteiger charge is 2.24. The molecule has 1 heterocycles. The lowest BCUT2D eigenvalue weighted by Gasteiger charge is -2.22. The largest absolute Gasteiger partial charge is 0.338 e. The molecule has 6 heteroatoms. The third-order valence-electron chi connectivity index (χ3n) is 3.49. The van der Waals surface area contributed by atoms with Gasteiger partial charge in [0, 0.05) is 22.0 Å². The number of halogens is 2. The zero-order chi connectivity index (χ0) is 16.5. The third-order valence-corrected chi connectivity index (χ3v) is 3.92. The van der Waals surface area contributed by atoms with Crippen molar-refractivity contribution >= 4 is 23.2 Å². The summed E-state index contributed by atoms with van der Waals surface area (Å²) in [6.07, 6.45) is 0. The summed E-state index contributed by atoms with van der Waals surface area (Å²) in [6.45, 7) is 8.90. The molecule has 120 valence electrons. The first-order valence-corrected chi connectivity index (χ1v) is 7.91. The summed E-state index contributed by atoms with van der Waals surface area (Å²) in [5.74, 6) is 1.33. The van der Waals surface area contributed by atoms with E-state index in [-0.39, 0.29) is 11.5 Å². The van der Waals surface area contributed by atoms with Gasteiger partial charge in [0.2, 0.25) is 5.89 Å². The van der Waals surface area contributed by atoms with E-state index in [9.17, 15) is 0 Å². The molecule has 0 bridgehead atoms. The molecule has 0 aliphatic carbocycles. The summed E-state index contributed by atoms with van der Waals surface area (Å²) in [6, 6.07) is 5.54. The first-order valence-electron chi connectivity index (χ1n) is 7.16. The van der Waals surface area contributed by atoms with Gasteiger partial charge in [0.15, 0.2) is 5.82 Å². The Labute approximate surface area is 141 Å². The Kier molecular flexibility index (Phi) is 5.15. The van der Waals surface area contributed by atoms with Crippen molar-refractivity contribution < 1.29 is 4.52 Å². The molecule has 0 aliphatic heterocycles. The van der Waals surface area contributed by atoms with Crippen LogP contribution in [0.15, 0.2) is 22.7 Å². The molecule has 0 spiro atoms. The summed E-state index contributed by atoms with van der Waals surface area (Å²) in [5.41, 5.74) is 0.919. The van der Waals surface area contributed by atoms with Gasteiger partial charge >= 0.3 is 0 Å². The molecule has 1 aromatic heterocycles. The molecule has 0 N–H and O–H groups in total. The molecule has 4 nitrogen and oxygen atoms in total. The van der Waals surface area contributed by atoms with Gasteiger partial charge in [-0.2, -0.15) is 4.98 Å². The zero-order valence-electron chi connectivity index (χ0n) is 13.5. The molecule has 0 radical (unpaired) electrons. The molecule has 0 saturated heterocycles. The predicted octanol–water partition coefficient (Wildman–Crippen LogP) is 4.87. The smallest absolute Gasteiger partial charge is 0.243 e. The molecule has 0 fully saturated rings. The maximum atomic E-state index is 6.04. The molecule has 0 amide bonds. The van der Waals surface area contributed by atoms with E-state index in [0.717, 1.165) is 5.56 Å². The summed E-state index contributed by atoms with van der Waals surface area (Å²) < 4.78 is 5.40. The van der Waals surface area contributed by atoms with Crippen LogP contribution >= 0.6 is 23.2 Å². The maximum absolute atomic E-state index is 6.04. The molecule has 22 heavy (non-hydrogen) atoms. The van der Waals surface area contributed by atoms with Crippen LogP contribution in [0.1, 0.15) is 51.0 Å². The van der Waals surface area contributed by atoms with Crippen LogP contribution in [-0.2, 0) is 12.0 Å². The number of rotatable bonds is 4. The third kappa shape index (κ3) is 4.22. The van der Waals surface area contributed by atoms with Crippen molar-refractivity contribution in [3.05, 3.63) is 45.5 Å². The second-order valence-corrected chi connectivity index (χ2v) is 7.45. The Hall–Kier alpha value is -1.10. The topological polar surface area (TPSA) is 42.2 Å². The highest BCUT2D eigenvalue weighted by Crippen LogP contribution is 2.25. The van der Waals surface area contributed by atoms with E-state index in [1.54, 1.807) is 6.07 Å². The van der Waals surface area contributed by atoms with Crippen molar-refractivity contribution in [2.24, 2.45) is 0 Å². The average Bonchev–Trinajstić information content (AvgIpc) is 2.85. The lowest BCUT2D eigenvalue weighted by Crippen LogP contribution is -2.22. The fourth-order valence-corrected chi connectivity index (χ4v) is 2.60. The van der Waals surface area contributed by atoms with E-state index in [1.165, 1.54) is 0 Å². The van der Waals surface area contributed by atoms with Crippen LogP contribution in [0, 0.1) is 0 Å². The van der Waals surface area contributed by atoms with Gasteiger partial charge in [-0.3, -0.25) is 4.90 Å².